The van der Waals surface area contributed by atoms with Gasteiger partial charge in [-0.15, -0.1) is 5.10 Å². The summed E-state index contributed by atoms with van der Waals surface area (Å²) in [7, 11) is 0. The van der Waals surface area contributed by atoms with Crippen LogP contribution in [0.5, 0.6) is 5.75 Å². The first-order chi connectivity index (χ1) is 15.5. The van der Waals surface area contributed by atoms with Gasteiger partial charge in [0.1, 0.15) is 5.75 Å². The number of tetrazole rings is 1. The zero-order valence-corrected chi connectivity index (χ0v) is 14.8. The highest BCUT2D eigenvalue weighted by atomic mass is 16.5. The van der Waals surface area contributed by atoms with Gasteiger partial charge in [-0.2, -0.15) is 0 Å². The summed E-state index contributed by atoms with van der Waals surface area (Å²) in [6, 6.07) is 7.99. The molecule has 0 saturated heterocycles. The molecule has 7 nitrogen and oxygen atoms in total. The largest absolute Gasteiger partial charge is 0.494 e. The Balaban J connectivity index is 1.32. The number of hydrogen-bond donors (Lipinski definition) is 1. The minimum atomic E-state index is -2.60. The van der Waals surface area contributed by atoms with E-state index in [1.54, 1.807) is 18.2 Å². The summed E-state index contributed by atoms with van der Waals surface area (Å²) in [5.41, 5.74) is 0.587. The Morgan fingerprint density at radius 3 is 2.96 bits per heavy atom. The van der Waals surface area contributed by atoms with Gasteiger partial charge in [-0.25, -0.2) is 4.68 Å². The average Bonchev–Trinajstić information content (AvgIpc) is 3.20. The molecule has 0 bridgehead atoms. The lowest BCUT2D eigenvalue weighted by Gasteiger charge is -2.22. The van der Waals surface area contributed by atoms with Gasteiger partial charge in [0.05, 0.1) is 12.6 Å². The maximum absolute atomic E-state index is 11.4. The molecule has 1 aromatic carbocycles. The van der Waals surface area contributed by atoms with E-state index in [1.807, 2.05) is 6.07 Å². The number of hydrogen-bond acceptors (Lipinski definition) is 5. The molecule has 0 unspecified atom stereocenters. The molecule has 0 aliphatic heterocycles. The number of nitrogens with zero attached hydrogens (tertiary/aromatic N) is 4. The minimum Gasteiger partial charge on any atom is -0.494 e. The van der Waals surface area contributed by atoms with E-state index in [1.165, 1.54) is 10.7 Å². The number of ether oxygens (including phenoxy) is 1. The Morgan fingerprint density at radius 1 is 1.19 bits per heavy atom. The predicted octanol–water partition coefficient (Wildman–Crippen LogP) is 3.42. The van der Waals surface area contributed by atoms with E-state index in [0.717, 1.165) is 10.9 Å². The number of aromatic amines is 1. The lowest BCUT2D eigenvalue weighted by molar-refractivity contribution is 0.301. The molecule has 4 rings (SSSR count). The van der Waals surface area contributed by atoms with Crippen LogP contribution in [-0.2, 0) is 6.42 Å². The van der Waals surface area contributed by atoms with Crippen molar-refractivity contribution in [2.24, 2.45) is 0 Å². The molecule has 1 saturated carbocycles. The predicted molar refractivity (Wildman–Crippen MR) is 103 cm³/mol. The fourth-order valence-electron chi connectivity index (χ4n) is 3.10. The van der Waals surface area contributed by atoms with E-state index in [0.29, 0.717) is 37.4 Å². The standard InChI is InChI=1S/C20H25N5O2/c26-20-12-9-15-14-17(10-11-18(15)21-20)27-13-5-4-8-19-22-23-24-25(19)16-6-2-1-3-7-16/h9-12,14,16H,1-8,13H2,(H,21,26)/i1D2,2D2,3D2. The molecule has 7 heteroatoms. The van der Waals surface area contributed by atoms with E-state index < -0.39 is 25.2 Å². The number of rotatable bonds is 7. The van der Waals surface area contributed by atoms with Crippen molar-refractivity contribution in [3.63, 3.8) is 0 Å². The number of aryl methyl sites for hydroxylation is 1. The van der Waals surface area contributed by atoms with Crippen LogP contribution >= 0.6 is 0 Å². The first-order valence-electron chi connectivity index (χ1n) is 12.0. The van der Waals surface area contributed by atoms with Gasteiger partial charge in [0.25, 0.3) is 0 Å². The summed E-state index contributed by atoms with van der Waals surface area (Å²) in [4.78, 5) is 14.1. The lowest BCUT2D eigenvalue weighted by Crippen LogP contribution is -2.17. The molecule has 142 valence electrons. The van der Waals surface area contributed by atoms with Crippen molar-refractivity contribution in [1.82, 2.24) is 25.2 Å². The van der Waals surface area contributed by atoms with Crippen LogP contribution in [0.25, 0.3) is 10.9 Å². The lowest BCUT2D eigenvalue weighted by atomic mass is 9.95. The molecule has 3 aromatic rings. The van der Waals surface area contributed by atoms with Crippen molar-refractivity contribution in [1.29, 1.82) is 0 Å². The van der Waals surface area contributed by atoms with Gasteiger partial charge in [0.15, 0.2) is 5.82 Å². The van der Waals surface area contributed by atoms with Crippen LogP contribution in [0, 0.1) is 0 Å². The third-order valence-corrected chi connectivity index (χ3v) is 4.52. The van der Waals surface area contributed by atoms with Crippen molar-refractivity contribution < 1.29 is 13.0 Å². The maximum atomic E-state index is 11.4. The smallest absolute Gasteiger partial charge is 0.248 e. The Morgan fingerprint density at radius 2 is 2.07 bits per heavy atom. The topological polar surface area (TPSA) is 85.7 Å². The van der Waals surface area contributed by atoms with Crippen LogP contribution in [0.4, 0.5) is 0 Å². The molecule has 2 heterocycles. The molecule has 1 fully saturated rings. The second kappa shape index (κ2) is 8.33. The number of pyridine rings is 1. The van der Waals surface area contributed by atoms with Gasteiger partial charge in [-0.1, -0.05) is 19.1 Å². The third kappa shape index (κ3) is 4.35. The monoisotopic (exact) mass is 373 g/mol. The molecule has 2 aromatic heterocycles. The van der Waals surface area contributed by atoms with Crippen LogP contribution in [0.15, 0.2) is 35.1 Å². The fourth-order valence-corrected chi connectivity index (χ4v) is 3.10. The van der Waals surface area contributed by atoms with Gasteiger partial charge in [-0.3, -0.25) is 4.79 Å². The third-order valence-electron chi connectivity index (χ3n) is 4.52. The number of H-pyrrole nitrogens is 1. The average molecular weight is 373 g/mol. The summed E-state index contributed by atoms with van der Waals surface area (Å²) in [6.45, 7) is 0.463. The molecule has 0 amide bonds. The second-order valence-corrected chi connectivity index (χ2v) is 6.46. The first-order valence-corrected chi connectivity index (χ1v) is 9.03. The van der Waals surface area contributed by atoms with Gasteiger partial charge < -0.3 is 9.72 Å². The van der Waals surface area contributed by atoms with Crippen LogP contribution < -0.4 is 10.3 Å². The van der Waals surface area contributed by atoms with E-state index >= 15 is 0 Å². The summed E-state index contributed by atoms with van der Waals surface area (Å²) in [5.74, 6) is 1.21. The maximum Gasteiger partial charge on any atom is 0.248 e. The van der Waals surface area contributed by atoms with Gasteiger partial charge >= 0.3 is 0 Å². The Bertz CT molecular complexity index is 1170. The van der Waals surface area contributed by atoms with Gasteiger partial charge in [0, 0.05) is 31.6 Å². The van der Waals surface area contributed by atoms with Crippen molar-refractivity contribution in [3.05, 3.63) is 46.5 Å². The van der Waals surface area contributed by atoms with Crippen molar-refractivity contribution in [3.8, 4) is 5.75 Å². The Labute approximate surface area is 166 Å². The van der Waals surface area contributed by atoms with E-state index in [9.17, 15) is 4.79 Å². The normalized spacial score (nSPS) is 24.1. The highest BCUT2D eigenvalue weighted by molar-refractivity contribution is 5.79. The first kappa shape index (κ1) is 11.9. The van der Waals surface area contributed by atoms with Crippen LogP contribution in [-0.4, -0.2) is 31.8 Å². The number of aromatic nitrogens is 5. The molecular weight excluding hydrogens is 342 g/mol. The molecule has 1 aliphatic rings. The van der Waals surface area contributed by atoms with E-state index in [2.05, 4.69) is 20.5 Å². The number of fused-ring (bicyclic) bond motifs is 1. The number of nitrogens with one attached hydrogen (secondary N) is 1. The molecule has 1 N–H and O–H groups in total. The summed E-state index contributed by atoms with van der Waals surface area (Å²) in [6.07, 6.45) is -5.76. The Kier molecular flexibility index (Phi) is 3.67. The zero-order chi connectivity index (χ0) is 23.9. The van der Waals surface area contributed by atoms with Gasteiger partial charge in [-0.05, 0) is 60.4 Å². The highest BCUT2D eigenvalue weighted by Gasteiger charge is 2.19. The van der Waals surface area contributed by atoms with E-state index in [4.69, 9.17) is 13.0 Å². The molecule has 1 aliphatic carbocycles. The van der Waals surface area contributed by atoms with Crippen molar-refractivity contribution >= 4 is 10.9 Å². The van der Waals surface area contributed by atoms with Crippen LogP contribution in [0.3, 0.4) is 0 Å². The molecule has 0 radical (unpaired) electrons. The van der Waals surface area contributed by atoms with E-state index in [-0.39, 0.29) is 18.4 Å². The molecular formula is C20H25N5O2. The van der Waals surface area contributed by atoms with Crippen molar-refractivity contribution in [2.45, 2.75) is 57.3 Å². The number of benzene rings is 1. The SMILES string of the molecule is [2H]C1([2H])CC(n2nnnc2CCCCOc2ccc3[nH]c(=O)ccc3c2)CC([2H])([2H])C1([2H])[2H]. The number of unbranched alkanes of at least 4 members (excludes halogenated alkanes) is 1. The minimum absolute atomic E-state index is 0.155. The summed E-state index contributed by atoms with van der Waals surface area (Å²) < 4.78 is 55.3. The second-order valence-electron chi connectivity index (χ2n) is 6.46. The fraction of sp³-hybridized carbons (Fsp3) is 0.500. The Hall–Kier alpha value is -2.70. The van der Waals surface area contributed by atoms with Crippen molar-refractivity contribution in [2.75, 3.05) is 6.61 Å². The highest BCUT2D eigenvalue weighted by Crippen LogP contribution is 2.28. The molecule has 0 atom stereocenters. The van der Waals surface area contributed by atoms with Crippen LogP contribution in [0.2, 0.25) is 0 Å². The zero-order valence-electron chi connectivity index (χ0n) is 20.8. The van der Waals surface area contributed by atoms with Crippen LogP contribution in [0.1, 0.15) is 64.9 Å². The quantitative estimate of drug-likeness (QED) is 0.641. The summed E-state index contributed by atoms with van der Waals surface area (Å²) >= 11 is 0. The molecule has 0 spiro atoms. The summed E-state index contributed by atoms with van der Waals surface area (Å²) in [5, 5.41) is 12.5. The molecule has 27 heavy (non-hydrogen) atoms. The van der Waals surface area contributed by atoms with Gasteiger partial charge in [0.2, 0.25) is 5.56 Å².